The Kier molecular flexibility index (Phi) is 3.90. The largest absolute Gasteiger partial charge is 0.398 e. The lowest BCUT2D eigenvalue weighted by molar-refractivity contribution is 0.0746. The lowest BCUT2D eigenvalue weighted by Gasteiger charge is -2.24. The molecule has 1 aromatic carbocycles. The molecule has 0 saturated carbocycles. The van der Waals surface area contributed by atoms with Gasteiger partial charge in [-0.25, -0.2) is 0 Å². The van der Waals surface area contributed by atoms with Crippen molar-refractivity contribution in [3.63, 3.8) is 0 Å². The Morgan fingerprint density at radius 2 is 1.95 bits per heavy atom. The van der Waals surface area contributed by atoms with E-state index >= 15 is 0 Å². The van der Waals surface area contributed by atoms with Gasteiger partial charge in [-0.1, -0.05) is 12.1 Å². The molecule has 0 saturated heterocycles. The third-order valence-corrected chi connectivity index (χ3v) is 4.44. The molecule has 0 spiro atoms. The van der Waals surface area contributed by atoms with Gasteiger partial charge >= 0.3 is 0 Å². The topological polar surface area (TPSA) is 46.3 Å². The smallest absolute Gasteiger partial charge is 0.256 e. The first kappa shape index (κ1) is 13.6. The molecule has 1 heterocycles. The monoisotopic (exact) mass is 274 g/mol. The van der Waals surface area contributed by atoms with E-state index < -0.39 is 0 Å². The average molecular weight is 274 g/mol. The molecule has 0 aliphatic carbocycles. The predicted octanol–water partition coefficient (Wildman–Crippen LogP) is 3.47. The highest BCUT2D eigenvalue weighted by Gasteiger charge is 2.21. The van der Waals surface area contributed by atoms with Gasteiger partial charge in [0.25, 0.3) is 5.91 Å². The summed E-state index contributed by atoms with van der Waals surface area (Å²) in [6.07, 6.45) is 0. The summed E-state index contributed by atoms with van der Waals surface area (Å²) in [5.74, 6) is -0.0448. The van der Waals surface area contributed by atoms with Crippen molar-refractivity contribution in [3.8, 4) is 0 Å². The Bertz CT molecular complexity index is 591. The predicted molar refractivity (Wildman–Crippen MR) is 80.4 cm³/mol. The summed E-state index contributed by atoms with van der Waals surface area (Å²) in [5.41, 5.74) is 6.94. The van der Waals surface area contributed by atoms with Crippen LogP contribution in [0.3, 0.4) is 0 Å². The maximum Gasteiger partial charge on any atom is 0.256 e. The molecule has 0 aliphatic rings. The van der Waals surface area contributed by atoms with Crippen LogP contribution in [-0.2, 0) is 0 Å². The van der Waals surface area contributed by atoms with Gasteiger partial charge < -0.3 is 10.6 Å². The minimum absolute atomic E-state index is 0.0448. The molecular formula is C15H18N2OS. The van der Waals surface area contributed by atoms with Crippen molar-refractivity contribution in [2.24, 2.45) is 0 Å². The fourth-order valence-electron chi connectivity index (χ4n) is 1.93. The van der Waals surface area contributed by atoms with Crippen molar-refractivity contribution in [2.45, 2.75) is 19.9 Å². The molecular weight excluding hydrogens is 256 g/mol. The lowest BCUT2D eigenvalue weighted by atomic mass is 10.1. The fourth-order valence-corrected chi connectivity index (χ4v) is 2.90. The number of nitrogens with zero attached hydrogens (tertiary/aromatic N) is 1. The zero-order chi connectivity index (χ0) is 14.0. The van der Waals surface area contributed by atoms with Gasteiger partial charge in [-0.2, -0.15) is 0 Å². The van der Waals surface area contributed by atoms with E-state index in [-0.39, 0.29) is 11.9 Å². The van der Waals surface area contributed by atoms with Crippen LogP contribution >= 0.6 is 11.3 Å². The van der Waals surface area contributed by atoms with Gasteiger partial charge in [-0.3, -0.25) is 4.79 Å². The highest BCUT2D eigenvalue weighted by atomic mass is 32.1. The van der Waals surface area contributed by atoms with Crippen molar-refractivity contribution in [3.05, 3.63) is 51.7 Å². The van der Waals surface area contributed by atoms with Gasteiger partial charge in [0.2, 0.25) is 0 Å². The van der Waals surface area contributed by atoms with E-state index in [0.29, 0.717) is 11.3 Å². The van der Waals surface area contributed by atoms with E-state index in [2.05, 4.69) is 19.1 Å². The van der Waals surface area contributed by atoms with Crippen LogP contribution in [0.15, 0.2) is 36.4 Å². The molecule has 100 valence electrons. The first-order chi connectivity index (χ1) is 9.00. The number of rotatable bonds is 3. The van der Waals surface area contributed by atoms with Crippen LogP contribution in [0.2, 0.25) is 0 Å². The third-order valence-electron chi connectivity index (χ3n) is 3.27. The molecule has 2 rings (SSSR count). The van der Waals surface area contributed by atoms with Crippen LogP contribution in [0.25, 0.3) is 0 Å². The zero-order valence-corrected chi connectivity index (χ0v) is 12.2. The van der Waals surface area contributed by atoms with Crippen molar-refractivity contribution in [1.82, 2.24) is 4.90 Å². The first-order valence-corrected chi connectivity index (χ1v) is 7.00. The van der Waals surface area contributed by atoms with E-state index in [1.165, 1.54) is 9.75 Å². The molecule has 0 fully saturated rings. The molecule has 4 heteroatoms. The van der Waals surface area contributed by atoms with Gasteiger partial charge in [-0.05, 0) is 38.1 Å². The van der Waals surface area contributed by atoms with Gasteiger partial charge in [0.15, 0.2) is 0 Å². The van der Waals surface area contributed by atoms with Gasteiger partial charge in [0, 0.05) is 22.5 Å². The van der Waals surface area contributed by atoms with Crippen LogP contribution in [0.1, 0.15) is 33.1 Å². The minimum atomic E-state index is -0.0448. The van der Waals surface area contributed by atoms with E-state index in [9.17, 15) is 4.79 Å². The lowest BCUT2D eigenvalue weighted by Crippen LogP contribution is -2.29. The quantitative estimate of drug-likeness (QED) is 0.871. The molecule has 1 unspecified atom stereocenters. The van der Waals surface area contributed by atoms with Crippen molar-refractivity contribution < 1.29 is 4.79 Å². The van der Waals surface area contributed by atoms with Crippen molar-refractivity contribution in [1.29, 1.82) is 0 Å². The molecule has 1 amide bonds. The summed E-state index contributed by atoms with van der Waals surface area (Å²) >= 11 is 1.72. The highest BCUT2D eigenvalue weighted by Crippen LogP contribution is 2.28. The van der Waals surface area contributed by atoms with E-state index in [0.717, 1.165) is 0 Å². The standard InChI is InChI=1S/C15H18N2OS/c1-10-8-9-14(19-10)11(2)17(3)15(18)12-6-4-5-7-13(12)16/h4-9,11H,16H2,1-3H3. The number of hydrogen-bond donors (Lipinski definition) is 1. The second kappa shape index (κ2) is 5.45. The number of carbonyl (C=O) groups is 1. The molecule has 19 heavy (non-hydrogen) atoms. The summed E-state index contributed by atoms with van der Waals surface area (Å²) in [5, 5.41) is 0. The van der Waals surface area contributed by atoms with E-state index in [4.69, 9.17) is 5.73 Å². The average Bonchev–Trinajstić information content (AvgIpc) is 2.83. The Morgan fingerprint density at radius 1 is 1.26 bits per heavy atom. The molecule has 3 nitrogen and oxygen atoms in total. The van der Waals surface area contributed by atoms with Crippen LogP contribution in [0.5, 0.6) is 0 Å². The molecule has 0 aliphatic heterocycles. The van der Waals surface area contributed by atoms with E-state index in [1.807, 2.05) is 26.1 Å². The molecule has 1 atom stereocenters. The van der Waals surface area contributed by atoms with Crippen LogP contribution < -0.4 is 5.73 Å². The Morgan fingerprint density at radius 3 is 2.53 bits per heavy atom. The molecule has 1 aromatic heterocycles. The second-order valence-electron chi connectivity index (χ2n) is 4.63. The Labute approximate surface area is 117 Å². The molecule has 0 bridgehead atoms. The first-order valence-electron chi connectivity index (χ1n) is 6.18. The summed E-state index contributed by atoms with van der Waals surface area (Å²) < 4.78 is 0. The maximum absolute atomic E-state index is 12.4. The number of hydrogen-bond acceptors (Lipinski definition) is 3. The number of aryl methyl sites for hydroxylation is 1. The second-order valence-corrected chi connectivity index (χ2v) is 5.95. The highest BCUT2D eigenvalue weighted by molar-refractivity contribution is 7.12. The zero-order valence-electron chi connectivity index (χ0n) is 11.4. The Hall–Kier alpha value is -1.81. The summed E-state index contributed by atoms with van der Waals surface area (Å²) in [6, 6.07) is 11.4. The maximum atomic E-state index is 12.4. The van der Waals surface area contributed by atoms with Crippen molar-refractivity contribution in [2.75, 3.05) is 12.8 Å². The number of carbonyl (C=O) groups excluding carboxylic acids is 1. The van der Waals surface area contributed by atoms with Crippen LogP contribution in [0.4, 0.5) is 5.69 Å². The van der Waals surface area contributed by atoms with Gasteiger partial charge in [-0.15, -0.1) is 11.3 Å². The summed E-state index contributed by atoms with van der Waals surface area (Å²) in [4.78, 5) is 16.6. The van der Waals surface area contributed by atoms with Gasteiger partial charge in [0.05, 0.1) is 11.6 Å². The summed E-state index contributed by atoms with van der Waals surface area (Å²) in [6.45, 7) is 4.10. The number of nitrogen functional groups attached to an aromatic ring is 1. The normalized spacial score (nSPS) is 12.2. The number of para-hydroxylation sites is 1. The van der Waals surface area contributed by atoms with Crippen LogP contribution in [0, 0.1) is 6.92 Å². The fraction of sp³-hybridized carbons (Fsp3) is 0.267. The third kappa shape index (κ3) is 2.79. The summed E-state index contributed by atoms with van der Waals surface area (Å²) in [7, 11) is 1.81. The molecule has 2 aromatic rings. The number of amides is 1. The molecule has 2 N–H and O–H groups in total. The minimum Gasteiger partial charge on any atom is -0.398 e. The number of benzene rings is 1. The Balaban J connectivity index is 2.22. The van der Waals surface area contributed by atoms with Gasteiger partial charge in [0.1, 0.15) is 0 Å². The number of thiophene rings is 1. The van der Waals surface area contributed by atoms with E-state index in [1.54, 1.807) is 28.4 Å². The van der Waals surface area contributed by atoms with Crippen molar-refractivity contribution >= 4 is 22.9 Å². The number of anilines is 1. The number of nitrogens with two attached hydrogens (primary N) is 1. The molecule has 0 radical (unpaired) electrons. The SMILES string of the molecule is Cc1ccc(C(C)N(C)C(=O)c2ccccc2N)s1. The van der Waals surface area contributed by atoms with Crippen LogP contribution in [-0.4, -0.2) is 17.9 Å².